The van der Waals surface area contributed by atoms with Crippen LogP contribution in [0.1, 0.15) is 23.2 Å². The molecule has 0 bridgehead atoms. The summed E-state index contributed by atoms with van der Waals surface area (Å²) in [5.41, 5.74) is -0.317. The van der Waals surface area contributed by atoms with Crippen molar-refractivity contribution in [3.63, 3.8) is 0 Å². The van der Waals surface area contributed by atoms with Crippen LogP contribution in [0.3, 0.4) is 0 Å². The Morgan fingerprint density at radius 3 is 2.14 bits per heavy atom. The smallest absolute Gasteiger partial charge is 0.405 e. The lowest BCUT2D eigenvalue weighted by atomic mass is 10.2. The minimum absolute atomic E-state index is 0.00279. The van der Waals surface area contributed by atoms with Gasteiger partial charge in [-0.05, 0) is 49.2 Å². The molecule has 0 spiro atoms. The maximum atomic E-state index is 12.5. The van der Waals surface area contributed by atoms with E-state index in [2.05, 4.69) is 10.1 Å². The van der Waals surface area contributed by atoms with Gasteiger partial charge >= 0.3 is 21.5 Å². The van der Waals surface area contributed by atoms with E-state index in [-0.39, 0.29) is 17.5 Å². The van der Waals surface area contributed by atoms with Gasteiger partial charge in [0.2, 0.25) is 5.91 Å². The van der Waals surface area contributed by atoms with Gasteiger partial charge in [-0.25, -0.2) is 0 Å². The van der Waals surface area contributed by atoms with Crippen LogP contribution in [0.25, 0.3) is 0 Å². The summed E-state index contributed by atoms with van der Waals surface area (Å²) in [5, 5.41) is 1.09. The van der Waals surface area contributed by atoms with Crippen molar-refractivity contribution < 1.29 is 35.9 Å². The number of benzene rings is 2. The number of para-hydroxylation sites is 1. The lowest BCUT2D eigenvalue weighted by Gasteiger charge is -2.13. The summed E-state index contributed by atoms with van der Waals surface area (Å²) in [4.78, 5) is 24.0. The third-order valence-corrected chi connectivity index (χ3v) is 5.14. The van der Waals surface area contributed by atoms with E-state index in [0.717, 1.165) is 25.0 Å². The van der Waals surface area contributed by atoms with E-state index in [1.165, 1.54) is 36.4 Å². The van der Waals surface area contributed by atoms with Gasteiger partial charge in [0, 0.05) is 17.3 Å². The van der Waals surface area contributed by atoms with Crippen LogP contribution in [0.4, 0.5) is 24.5 Å². The lowest BCUT2D eigenvalue weighted by molar-refractivity contribution is -0.274. The first-order valence-corrected chi connectivity index (χ1v) is 9.86. The van der Waals surface area contributed by atoms with E-state index in [9.17, 15) is 31.2 Å². The Labute approximate surface area is 163 Å². The Kier molecular flexibility index (Phi) is 5.51. The summed E-state index contributed by atoms with van der Waals surface area (Å²) < 4.78 is 67.8. The van der Waals surface area contributed by atoms with Crippen molar-refractivity contribution in [2.45, 2.75) is 19.2 Å². The first kappa shape index (κ1) is 20.6. The molecular formula is C18H15F3N2O5S. The maximum absolute atomic E-state index is 12.5. The zero-order chi connectivity index (χ0) is 21.2. The molecule has 2 aromatic rings. The van der Waals surface area contributed by atoms with Crippen LogP contribution >= 0.6 is 0 Å². The maximum Gasteiger partial charge on any atom is 0.573 e. The third-order valence-electron chi connectivity index (χ3n) is 3.93. The molecule has 0 heterocycles. The van der Waals surface area contributed by atoms with Crippen molar-refractivity contribution in [1.82, 2.24) is 0 Å². The summed E-state index contributed by atoms with van der Waals surface area (Å²) in [6.45, 7) is 0. The molecule has 0 aliphatic heterocycles. The normalized spacial score (nSPS) is 14.2. The van der Waals surface area contributed by atoms with Crippen LogP contribution in [-0.2, 0) is 14.8 Å². The van der Waals surface area contributed by atoms with E-state index >= 15 is 0 Å². The number of hydrogen-bond acceptors (Lipinski definition) is 5. The third kappa shape index (κ3) is 5.47. The molecule has 2 aromatic carbocycles. The van der Waals surface area contributed by atoms with Gasteiger partial charge in [0.05, 0.1) is 5.56 Å². The number of ether oxygens (including phenoxy) is 1. The van der Waals surface area contributed by atoms with Crippen LogP contribution in [0, 0.1) is 5.92 Å². The number of nitrogens with one attached hydrogen (secondary N) is 2. The minimum Gasteiger partial charge on any atom is -0.405 e. The summed E-state index contributed by atoms with van der Waals surface area (Å²) in [6.07, 6.45) is -3.44. The molecular weight excluding hydrogens is 413 g/mol. The second kappa shape index (κ2) is 7.74. The van der Waals surface area contributed by atoms with Crippen LogP contribution in [0.5, 0.6) is 5.75 Å². The molecule has 1 amide bonds. The van der Waals surface area contributed by atoms with Gasteiger partial charge in [-0.3, -0.25) is 14.3 Å². The number of halogens is 3. The molecule has 154 valence electrons. The number of alkyl halides is 3. The van der Waals surface area contributed by atoms with E-state index in [0.29, 0.717) is 5.69 Å². The Bertz CT molecular complexity index is 1030. The average Bonchev–Trinajstić information content (AvgIpc) is 3.47. The van der Waals surface area contributed by atoms with E-state index in [1.54, 1.807) is 0 Å². The number of hydrogen-bond donors (Lipinski definition) is 2. The fraction of sp³-hybridized carbons (Fsp3) is 0.222. The molecule has 0 radical (unpaired) electrons. The molecule has 1 aliphatic carbocycles. The van der Waals surface area contributed by atoms with Crippen molar-refractivity contribution in [2.24, 2.45) is 5.92 Å². The summed E-state index contributed by atoms with van der Waals surface area (Å²) in [7, 11) is -4.71. The Hall–Kier alpha value is -3.08. The topological polar surface area (TPSA) is 102 Å². The van der Waals surface area contributed by atoms with Crippen LogP contribution in [-0.4, -0.2) is 25.8 Å². The van der Waals surface area contributed by atoms with Crippen molar-refractivity contribution >= 4 is 32.4 Å². The number of rotatable bonds is 6. The fourth-order valence-electron chi connectivity index (χ4n) is 2.41. The predicted octanol–water partition coefficient (Wildman–Crippen LogP) is 3.52. The highest BCUT2D eigenvalue weighted by Gasteiger charge is 2.35. The lowest BCUT2D eigenvalue weighted by Crippen LogP contribution is -2.25. The van der Waals surface area contributed by atoms with Crippen molar-refractivity contribution in [3.05, 3.63) is 54.1 Å². The highest BCUT2D eigenvalue weighted by molar-refractivity contribution is 8.07. The van der Waals surface area contributed by atoms with Gasteiger partial charge < -0.3 is 10.1 Å². The standard InChI is InChI=1S/C18H15F3N2O5S/c19-18(20,21)28-15-4-2-1-3-14(15)17(25)29(26,27)23-13-9-7-12(8-10-13)22-16(24)11-5-6-11/h1-4,7-11,23H,5-6H2,(H,22,24). The van der Waals surface area contributed by atoms with Gasteiger partial charge in [-0.15, -0.1) is 13.2 Å². The minimum atomic E-state index is -5.09. The fourth-order valence-corrected chi connectivity index (χ4v) is 3.40. The molecule has 2 N–H and O–H groups in total. The Morgan fingerprint density at radius 2 is 1.55 bits per heavy atom. The average molecular weight is 428 g/mol. The second-order valence-corrected chi connectivity index (χ2v) is 7.86. The monoisotopic (exact) mass is 428 g/mol. The van der Waals surface area contributed by atoms with Crippen LogP contribution in [0.15, 0.2) is 48.5 Å². The Morgan fingerprint density at radius 1 is 0.966 bits per heavy atom. The molecule has 1 aliphatic rings. The molecule has 0 unspecified atom stereocenters. The van der Waals surface area contributed by atoms with Gasteiger partial charge in [0.1, 0.15) is 5.75 Å². The van der Waals surface area contributed by atoms with E-state index in [1.807, 2.05) is 4.72 Å². The summed E-state index contributed by atoms with van der Waals surface area (Å²) in [6, 6.07) is 9.63. The molecule has 0 atom stereocenters. The van der Waals surface area contributed by atoms with Gasteiger partial charge in [0.25, 0.3) is 0 Å². The van der Waals surface area contributed by atoms with Gasteiger partial charge in [-0.2, -0.15) is 8.42 Å². The summed E-state index contributed by atoms with van der Waals surface area (Å²) >= 11 is 0. The van der Waals surface area contributed by atoms with E-state index < -0.39 is 32.8 Å². The van der Waals surface area contributed by atoms with Crippen molar-refractivity contribution in [3.8, 4) is 5.75 Å². The zero-order valence-corrected chi connectivity index (χ0v) is 15.5. The largest absolute Gasteiger partial charge is 0.573 e. The van der Waals surface area contributed by atoms with E-state index in [4.69, 9.17) is 0 Å². The molecule has 1 saturated carbocycles. The molecule has 1 fully saturated rings. The number of sulfonamides is 1. The number of carbonyl (C=O) groups is 2. The predicted molar refractivity (Wildman–Crippen MR) is 97.8 cm³/mol. The van der Waals surface area contributed by atoms with Crippen molar-refractivity contribution in [1.29, 1.82) is 0 Å². The zero-order valence-electron chi connectivity index (χ0n) is 14.7. The molecule has 0 aromatic heterocycles. The first-order valence-electron chi connectivity index (χ1n) is 8.38. The highest BCUT2D eigenvalue weighted by atomic mass is 32.2. The summed E-state index contributed by atoms with van der Waals surface area (Å²) in [5.74, 6) is -1.06. The van der Waals surface area contributed by atoms with Gasteiger partial charge in [-0.1, -0.05) is 12.1 Å². The van der Waals surface area contributed by atoms with Crippen molar-refractivity contribution in [2.75, 3.05) is 10.0 Å². The highest BCUT2D eigenvalue weighted by Crippen LogP contribution is 2.31. The first-order chi connectivity index (χ1) is 13.5. The molecule has 29 heavy (non-hydrogen) atoms. The Balaban J connectivity index is 1.74. The molecule has 3 rings (SSSR count). The molecule has 7 nitrogen and oxygen atoms in total. The van der Waals surface area contributed by atoms with Crippen LogP contribution < -0.4 is 14.8 Å². The van der Waals surface area contributed by atoms with Gasteiger partial charge in [0.15, 0.2) is 0 Å². The number of anilines is 2. The molecule has 11 heteroatoms. The SMILES string of the molecule is O=C(Nc1ccc(NS(=O)(=O)C(=O)c2ccccc2OC(F)(F)F)cc1)C1CC1. The number of carbonyl (C=O) groups excluding carboxylic acids is 2. The quantitative estimate of drug-likeness (QED) is 0.733. The second-order valence-electron chi connectivity index (χ2n) is 6.28. The number of amides is 1. The molecule has 0 saturated heterocycles. The van der Waals surface area contributed by atoms with Crippen LogP contribution in [0.2, 0.25) is 0 Å².